The highest BCUT2D eigenvalue weighted by Crippen LogP contribution is 2.31. The molecular formula is C30H31ClN8O5S. The molecule has 2 aliphatic rings. The highest BCUT2D eigenvalue weighted by atomic mass is 35.5. The second-order valence-electron chi connectivity index (χ2n) is 10.9. The van der Waals surface area contributed by atoms with E-state index in [-0.39, 0.29) is 53.0 Å². The predicted molar refractivity (Wildman–Crippen MR) is 169 cm³/mol. The number of nitrogens with zero attached hydrogens (tertiary/aromatic N) is 4. The Morgan fingerprint density at radius 1 is 1.09 bits per heavy atom. The number of anilines is 2. The van der Waals surface area contributed by atoms with Crippen LogP contribution in [0.5, 0.6) is 5.75 Å². The molecule has 0 saturated carbocycles. The summed E-state index contributed by atoms with van der Waals surface area (Å²) in [6.07, 6.45) is 0.974. The summed E-state index contributed by atoms with van der Waals surface area (Å²) in [4.78, 5) is 25.0. The van der Waals surface area contributed by atoms with Crippen LogP contribution in [0.15, 0.2) is 75.0 Å². The fourth-order valence-electron chi connectivity index (χ4n) is 5.27. The van der Waals surface area contributed by atoms with Gasteiger partial charge in [-0.05, 0) is 50.1 Å². The minimum atomic E-state index is -3.73. The fourth-order valence-corrected chi connectivity index (χ4v) is 6.84. The Labute approximate surface area is 264 Å². The molecule has 1 saturated heterocycles. The maximum Gasteiger partial charge on any atom is 0.280 e. The van der Waals surface area contributed by atoms with Crippen molar-refractivity contribution in [3.63, 3.8) is 0 Å². The van der Waals surface area contributed by atoms with Crippen LogP contribution in [-0.4, -0.2) is 59.7 Å². The maximum absolute atomic E-state index is 13.4. The second-order valence-corrected chi connectivity index (χ2v) is 13.2. The summed E-state index contributed by atoms with van der Waals surface area (Å²) in [7, 11) is -3.73. The molecule has 0 atom stereocenters. The van der Waals surface area contributed by atoms with E-state index < -0.39 is 21.5 Å². The van der Waals surface area contributed by atoms with Crippen molar-refractivity contribution in [2.75, 3.05) is 31.1 Å². The third-order valence-electron chi connectivity index (χ3n) is 7.89. The van der Waals surface area contributed by atoms with Crippen molar-refractivity contribution >= 4 is 45.1 Å². The predicted octanol–water partition coefficient (Wildman–Crippen LogP) is 3.35. The van der Waals surface area contributed by atoms with Crippen molar-refractivity contribution in [3.8, 4) is 17.1 Å². The number of carbonyl (C=O) groups is 1. The van der Waals surface area contributed by atoms with E-state index in [9.17, 15) is 13.2 Å². The SMILES string of the molecule is Cc1oc(-c2ccccc2)cc1COc1ccc(S(=O)(=O)N2CCC3(CC2)CN=C(NC(=O)c2nc(Cl)c(N)nc2N)N3)cc1. The molecule has 0 unspecified atom stereocenters. The largest absolute Gasteiger partial charge is 0.489 e. The van der Waals surface area contributed by atoms with Crippen LogP contribution in [0.25, 0.3) is 11.3 Å². The topological polar surface area (TPSA) is 191 Å². The third kappa shape index (κ3) is 6.30. The Morgan fingerprint density at radius 3 is 2.51 bits per heavy atom. The molecule has 15 heteroatoms. The number of amides is 1. The van der Waals surface area contributed by atoms with Gasteiger partial charge in [0.25, 0.3) is 5.91 Å². The number of rotatable bonds is 7. The van der Waals surface area contributed by atoms with E-state index in [0.29, 0.717) is 25.1 Å². The number of piperidine rings is 1. The van der Waals surface area contributed by atoms with Gasteiger partial charge >= 0.3 is 0 Å². The van der Waals surface area contributed by atoms with Gasteiger partial charge in [0.15, 0.2) is 28.4 Å². The number of aryl methyl sites for hydroxylation is 1. The maximum atomic E-state index is 13.4. The first-order valence-electron chi connectivity index (χ1n) is 14.1. The van der Waals surface area contributed by atoms with Crippen molar-refractivity contribution in [1.82, 2.24) is 24.9 Å². The van der Waals surface area contributed by atoms with E-state index in [0.717, 1.165) is 22.6 Å². The summed E-state index contributed by atoms with van der Waals surface area (Å²) < 4.78 is 40.2. The van der Waals surface area contributed by atoms with Gasteiger partial charge < -0.3 is 25.9 Å². The lowest BCUT2D eigenvalue weighted by Gasteiger charge is -2.38. The molecule has 0 aliphatic carbocycles. The summed E-state index contributed by atoms with van der Waals surface area (Å²) in [5.41, 5.74) is 12.6. The van der Waals surface area contributed by atoms with Gasteiger partial charge in [0.2, 0.25) is 10.0 Å². The Hall–Kier alpha value is -4.66. The number of guanidine groups is 1. The number of aliphatic imine (C=N–C) groups is 1. The van der Waals surface area contributed by atoms with Crippen LogP contribution in [0.4, 0.5) is 11.6 Å². The first-order valence-corrected chi connectivity index (χ1v) is 15.9. The van der Waals surface area contributed by atoms with Crippen molar-refractivity contribution in [3.05, 3.63) is 82.8 Å². The molecule has 2 aromatic carbocycles. The minimum absolute atomic E-state index is 0.0785. The first-order chi connectivity index (χ1) is 21.5. The van der Waals surface area contributed by atoms with Crippen LogP contribution in [0.1, 0.15) is 34.7 Å². The molecule has 0 bridgehead atoms. The quantitative estimate of drug-likeness (QED) is 0.231. The molecule has 4 aromatic rings. The minimum Gasteiger partial charge on any atom is -0.489 e. The van der Waals surface area contributed by atoms with Crippen molar-refractivity contribution in [2.45, 2.75) is 36.8 Å². The second kappa shape index (κ2) is 12.0. The van der Waals surface area contributed by atoms with Gasteiger partial charge in [-0.15, -0.1) is 0 Å². The number of ether oxygens (including phenoxy) is 1. The number of nitrogen functional groups attached to an aromatic ring is 2. The smallest absolute Gasteiger partial charge is 0.280 e. The Morgan fingerprint density at radius 2 is 1.80 bits per heavy atom. The summed E-state index contributed by atoms with van der Waals surface area (Å²) in [5.74, 6) is 1.43. The first kappa shape index (κ1) is 30.4. The van der Waals surface area contributed by atoms with Gasteiger partial charge in [-0.25, -0.2) is 18.4 Å². The van der Waals surface area contributed by atoms with E-state index in [1.54, 1.807) is 24.3 Å². The van der Waals surface area contributed by atoms with Crippen molar-refractivity contribution in [1.29, 1.82) is 0 Å². The molecule has 2 aromatic heterocycles. The van der Waals surface area contributed by atoms with Crippen LogP contribution in [-0.2, 0) is 16.6 Å². The highest BCUT2D eigenvalue weighted by Gasteiger charge is 2.42. The molecule has 234 valence electrons. The monoisotopic (exact) mass is 650 g/mol. The number of hydrogen-bond acceptors (Lipinski definition) is 11. The molecule has 2 aliphatic heterocycles. The Bertz CT molecular complexity index is 1870. The highest BCUT2D eigenvalue weighted by molar-refractivity contribution is 7.89. The summed E-state index contributed by atoms with van der Waals surface area (Å²) >= 11 is 5.88. The van der Waals surface area contributed by atoms with Gasteiger partial charge in [-0.1, -0.05) is 41.9 Å². The number of aromatic nitrogens is 2. The van der Waals surface area contributed by atoms with Gasteiger partial charge in [0.05, 0.1) is 17.0 Å². The molecule has 6 rings (SSSR count). The number of benzene rings is 2. The number of halogens is 1. The summed E-state index contributed by atoms with van der Waals surface area (Å²) in [6, 6.07) is 18.2. The summed E-state index contributed by atoms with van der Waals surface area (Å²) in [5, 5.41) is 5.73. The standard InChI is InChI=1S/C30H31ClN8O5S/c1-18-20(15-23(44-18)19-5-3-2-4-6-19)16-43-21-7-9-22(10-8-21)45(41,42)39-13-11-30(12-14-39)17-34-29(38-30)37-28(40)24-26(32)36-27(33)25(31)35-24/h2-10,15H,11-14,16-17H2,1H3,(H4,32,33,36)(H2,34,37,38,40). The average Bonchev–Trinajstić information content (AvgIpc) is 3.61. The number of nitrogens with two attached hydrogens (primary N) is 2. The Balaban J connectivity index is 1.02. The molecule has 6 N–H and O–H groups in total. The van der Waals surface area contributed by atoms with Crippen LogP contribution in [0, 0.1) is 6.92 Å². The van der Waals surface area contributed by atoms with Crippen molar-refractivity contribution < 1.29 is 22.4 Å². The van der Waals surface area contributed by atoms with Gasteiger partial charge in [0.1, 0.15) is 23.9 Å². The van der Waals surface area contributed by atoms with E-state index in [4.69, 9.17) is 32.2 Å². The van der Waals surface area contributed by atoms with Crippen LogP contribution in [0.2, 0.25) is 5.15 Å². The van der Waals surface area contributed by atoms with E-state index in [2.05, 4.69) is 25.6 Å². The number of carbonyl (C=O) groups excluding carboxylic acids is 1. The number of sulfonamides is 1. The van der Waals surface area contributed by atoms with Crippen LogP contribution < -0.4 is 26.8 Å². The lowest BCUT2D eigenvalue weighted by atomic mass is 9.89. The van der Waals surface area contributed by atoms with Crippen LogP contribution >= 0.6 is 11.6 Å². The number of hydrogen-bond donors (Lipinski definition) is 4. The van der Waals surface area contributed by atoms with Gasteiger partial charge in [-0.3, -0.25) is 15.1 Å². The summed E-state index contributed by atoms with van der Waals surface area (Å²) in [6.45, 7) is 3.10. The number of furan rings is 1. The normalized spacial score (nSPS) is 16.3. The van der Waals surface area contributed by atoms with Gasteiger partial charge in [-0.2, -0.15) is 4.31 Å². The molecular weight excluding hydrogens is 620 g/mol. The van der Waals surface area contributed by atoms with Gasteiger partial charge in [0, 0.05) is 24.2 Å². The molecule has 1 spiro atoms. The lowest BCUT2D eigenvalue weighted by molar-refractivity contribution is 0.0971. The molecule has 13 nitrogen and oxygen atoms in total. The molecule has 45 heavy (non-hydrogen) atoms. The zero-order valence-corrected chi connectivity index (χ0v) is 25.9. The molecule has 1 amide bonds. The molecule has 0 radical (unpaired) electrons. The molecule has 1 fully saturated rings. The van der Waals surface area contributed by atoms with Crippen LogP contribution in [0.3, 0.4) is 0 Å². The third-order valence-corrected chi connectivity index (χ3v) is 10.1. The number of nitrogens with one attached hydrogen (secondary N) is 2. The van der Waals surface area contributed by atoms with Crippen molar-refractivity contribution in [2.24, 2.45) is 4.99 Å². The fraction of sp³-hybridized carbons (Fsp3) is 0.267. The zero-order chi connectivity index (χ0) is 31.8. The molecule has 4 heterocycles. The van der Waals surface area contributed by atoms with E-state index in [1.807, 2.05) is 43.3 Å². The Kier molecular flexibility index (Phi) is 8.12. The average molecular weight is 651 g/mol. The zero-order valence-electron chi connectivity index (χ0n) is 24.3. The lowest BCUT2D eigenvalue weighted by Crippen LogP contribution is -2.56. The van der Waals surface area contributed by atoms with E-state index >= 15 is 0 Å². The van der Waals surface area contributed by atoms with E-state index in [1.165, 1.54) is 4.31 Å².